The fraction of sp³-hybridized carbons (Fsp3) is 0. The van der Waals surface area contributed by atoms with Gasteiger partial charge in [0.2, 0.25) is 0 Å². The molecule has 0 amide bonds. The van der Waals surface area contributed by atoms with Crippen molar-refractivity contribution in [1.82, 2.24) is 9.38 Å². The maximum atomic E-state index is 8.72. The highest BCUT2D eigenvalue weighted by molar-refractivity contribution is 6.31. The third kappa shape index (κ3) is 0.936. The van der Waals surface area contributed by atoms with Crippen LogP contribution in [0.5, 0.6) is 0 Å². The molecule has 0 fully saturated rings. The van der Waals surface area contributed by atoms with Gasteiger partial charge in [0.15, 0.2) is 0 Å². The van der Waals surface area contributed by atoms with Gasteiger partial charge in [0.25, 0.3) is 0 Å². The number of halogens is 1. The lowest BCUT2D eigenvalue weighted by atomic mass is 10.3. The van der Waals surface area contributed by atoms with E-state index in [4.69, 9.17) is 16.9 Å². The Morgan fingerprint density at radius 3 is 3.08 bits per heavy atom. The fourth-order valence-corrected chi connectivity index (χ4v) is 1.30. The lowest BCUT2D eigenvalue weighted by Crippen LogP contribution is -1.89. The summed E-state index contributed by atoms with van der Waals surface area (Å²) in [5.41, 5.74) is 1.33. The van der Waals surface area contributed by atoms with Crippen LogP contribution in [0.3, 0.4) is 0 Å². The van der Waals surface area contributed by atoms with Crippen LogP contribution < -0.4 is 0 Å². The highest BCUT2D eigenvalue weighted by atomic mass is 35.5. The van der Waals surface area contributed by atoms with Crippen molar-refractivity contribution in [3.05, 3.63) is 35.4 Å². The molecule has 2 aromatic heterocycles. The van der Waals surface area contributed by atoms with Crippen molar-refractivity contribution in [2.45, 2.75) is 0 Å². The van der Waals surface area contributed by atoms with Crippen LogP contribution in [0, 0.1) is 11.3 Å². The Morgan fingerprint density at radius 1 is 1.50 bits per heavy atom. The number of rotatable bonds is 0. The van der Waals surface area contributed by atoms with E-state index in [2.05, 4.69) is 4.98 Å². The van der Waals surface area contributed by atoms with Crippen LogP contribution in [-0.4, -0.2) is 9.38 Å². The molecule has 2 aromatic rings. The molecule has 2 heterocycles. The van der Waals surface area contributed by atoms with Crippen LogP contribution in [0.1, 0.15) is 5.69 Å². The second kappa shape index (κ2) is 2.50. The third-order valence-electron chi connectivity index (χ3n) is 1.60. The summed E-state index contributed by atoms with van der Waals surface area (Å²) in [5.74, 6) is 0. The van der Waals surface area contributed by atoms with Gasteiger partial charge >= 0.3 is 0 Å². The third-order valence-corrected chi connectivity index (χ3v) is 1.82. The summed E-state index contributed by atoms with van der Waals surface area (Å²) in [6.07, 6.45) is 3.25. The Kier molecular flexibility index (Phi) is 1.49. The number of nitrogens with zero attached hydrogens (tertiary/aromatic N) is 3. The normalized spacial score (nSPS) is 10.0. The van der Waals surface area contributed by atoms with Crippen LogP contribution in [0.4, 0.5) is 0 Å². The molecule has 0 atom stereocenters. The molecule has 0 saturated heterocycles. The molecule has 0 unspecified atom stereocenters. The lowest BCUT2D eigenvalue weighted by molar-refractivity contribution is 1.12. The van der Waals surface area contributed by atoms with Crippen molar-refractivity contribution in [3.63, 3.8) is 0 Å². The van der Waals surface area contributed by atoms with Gasteiger partial charge in [0.05, 0.1) is 11.7 Å². The highest BCUT2D eigenvalue weighted by Gasteiger charge is 2.00. The zero-order chi connectivity index (χ0) is 8.55. The fourth-order valence-electron chi connectivity index (χ4n) is 1.08. The molecule has 0 saturated carbocycles. The summed E-state index contributed by atoms with van der Waals surface area (Å²) >= 11 is 5.77. The summed E-state index contributed by atoms with van der Waals surface area (Å²) in [6, 6.07) is 5.40. The van der Waals surface area contributed by atoms with Crippen molar-refractivity contribution < 1.29 is 0 Å². The predicted octanol–water partition coefficient (Wildman–Crippen LogP) is 1.86. The van der Waals surface area contributed by atoms with Gasteiger partial charge in [-0.05, 0) is 12.1 Å². The molecule has 58 valence electrons. The lowest BCUT2D eigenvalue weighted by Gasteiger charge is -1.96. The minimum atomic E-state index is 0.495. The molecular weight excluding hydrogens is 174 g/mol. The quantitative estimate of drug-likeness (QED) is 0.616. The summed E-state index contributed by atoms with van der Waals surface area (Å²) in [5, 5.41) is 9.28. The van der Waals surface area contributed by atoms with E-state index in [-0.39, 0.29) is 0 Å². The first-order chi connectivity index (χ1) is 5.81. The Morgan fingerprint density at radius 2 is 2.33 bits per heavy atom. The number of nitriles is 1. The van der Waals surface area contributed by atoms with Crippen molar-refractivity contribution >= 4 is 17.1 Å². The van der Waals surface area contributed by atoms with Gasteiger partial charge in [0.1, 0.15) is 18.1 Å². The minimum Gasteiger partial charge on any atom is -0.290 e. The molecule has 2 rings (SSSR count). The van der Waals surface area contributed by atoms with E-state index in [0.29, 0.717) is 10.7 Å². The van der Waals surface area contributed by atoms with Gasteiger partial charge in [-0.1, -0.05) is 11.6 Å². The average molecular weight is 178 g/mol. The summed E-state index contributed by atoms with van der Waals surface area (Å²) in [6.45, 7) is 0. The first kappa shape index (κ1) is 7.14. The zero-order valence-electron chi connectivity index (χ0n) is 6.03. The Balaban J connectivity index is 2.91. The predicted molar refractivity (Wildman–Crippen MR) is 44.9 cm³/mol. The number of imidazole rings is 1. The molecule has 0 bridgehead atoms. The SMILES string of the molecule is N#Cc1cc(Cl)cc2cncn12. The Bertz CT molecular complexity index is 467. The molecule has 0 aliphatic rings. The van der Waals surface area contributed by atoms with Crippen molar-refractivity contribution in [2.75, 3.05) is 0 Å². The van der Waals surface area contributed by atoms with E-state index in [1.54, 1.807) is 29.1 Å². The van der Waals surface area contributed by atoms with Gasteiger partial charge < -0.3 is 0 Å². The van der Waals surface area contributed by atoms with Crippen molar-refractivity contribution in [2.24, 2.45) is 0 Å². The molecule has 0 aliphatic heterocycles. The second-order valence-corrected chi connectivity index (χ2v) is 2.80. The monoisotopic (exact) mass is 177 g/mol. The molecule has 0 aromatic carbocycles. The van der Waals surface area contributed by atoms with E-state index in [1.165, 1.54) is 0 Å². The van der Waals surface area contributed by atoms with Gasteiger partial charge in [-0.2, -0.15) is 5.26 Å². The number of pyridine rings is 1. The minimum absolute atomic E-state index is 0.495. The molecular formula is C8H4ClN3. The molecule has 0 spiro atoms. The smallest absolute Gasteiger partial charge is 0.127 e. The van der Waals surface area contributed by atoms with E-state index in [0.717, 1.165) is 5.52 Å². The molecule has 0 N–H and O–H groups in total. The molecule has 0 aliphatic carbocycles. The number of hydrogen-bond donors (Lipinski definition) is 0. The van der Waals surface area contributed by atoms with Gasteiger partial charge in [0, 0.05) is 5.02 Å². The van der Waals surface area contributed by atoms with E-state index < -0.39 is 0 Å². The molecule has 12 heavy (non-hydrogen) atoms. The first-order valence-electron chi connectivity index (χ1n) is 3.33. The van der Waals surface area contributed by atoms with Crippen molar-refractivity contribution in [1.29, 1.82) is 5.26 Å². The van der Waals surface area contributed by atoms with Crippen LogP contribution in [0.2, 0.25) is 5.02 Å². The summed E-state index contributed by atoms with van der Waals surface area (Å²) in [4.78, 5) is 3.90. The van der Waals surface area contributed by atoms with E-state index >= 15 is 0 Å². The maximum Gasteiger partial charge on any atom is 0.127 e. The number of hydrogen-bond acceptors (Lipinski definition) is 2. The topological polar surface area (TPSA) is 41.1 Å². The standard InChI is InChI=1S/C8H4ClN3/c9-6-1-7(3-10)12-5-11-4-8(12)2-6/h1-2,4-5H. The van der Waals surface area contributed by atoms with Crippen molar-refractivity contribution in [3.8, 4) is 6.07 Å². The van der Waals surface area contributed by atoms with Gasteiger partial charge in [-0.25, -0.2) is 4.98 Å². The van der Waals surface area contributed by atoms with Crippen LogP contribution >= 0.6 is 11.6 Å². The second-order valence-electron chi connectivity index (χ2n) is 2.36. The first-order valence-corrected chi connectivity index (χ1v) is 3.71. The number of aromatic nitrogens is 2. The van der Waals surface area contributed by atoms with Gasteiger partial charge in [-0.15, -0.1) is 0 Å². The van der Waals surface area contributed by atoms with Crippen LogP contribution in [-0.2, 0) is 0 Å². The molecule has 0 radical (unpaired) electrons. The summed E-state index contributed by atoms with van der Waals surface area (Å²) in [7, 11) is 0. The zero-order valence-corrected chi connectivity index (χ0v) is 6.78. The molecule has 3 nitrogen and oxygen atoms in total. The Hall–Kier alpha value is -1.53. The average Bonchev–Trinajstić information content (AvgIpc) is 2.50. The van der Waals surface area contributed by atoms with Crippen LogP contribution in [0.25, 0.3) is 5.52 Å². The largest absolute Gasteiger partial charge is 0.290 e. The highest BCUT2D eigenvalue weighted by Crippen LogP contribution is 2.14. The van der Waals surface area contributed by atoms with E-state index in [1.807, 2.05) is 6.07 Å². The molecule has 4 heteroatoms. The summed E-state index contributed by atoms with van der Waals surface area (Å²) < 4.78 is 1.69. The van der Waals surface area contributed by atoms with Gasteiger partial charge in [-0.3, -0.25) is 4.40 Å². The Labute approximate surface area is 73.8 Å². The number of fused-ring (bicyclic) bond motifs is 1. The van der Waals surface area contributed by atoms with E-state index in [9.17, 15) is 0 Å². The maximum absolute atomic E-state index is 8.72. The van der Waals surface area contributed by atoms with Crippen LogP contribution in [0.15, 0.2) is 24.7 Å².